The Hall–Kier alpha value is -4.02. The van der Waals surface area contributed by atoms with Gasteiger partial charge in [0, 0.05) is 50.1 Å². The van der Waals surface area contributed by atoms with Crippen molar-refractivity contribution in [2.24, 2.45) is 5.41 Å². The molecule has 1 aliphatic carbocycles. The number of nitriles is 1. The number of carbonyl (C=O) groups excluding carboxylic acids is 1. The highest BCUT2D eigenvalue weighted by atomic mass is 32.2. The van der Waals surface area contributed by atoms with Gasteiger partial charge in [0.1, 0.15) is 11.8 Å². The van der Waals surface area contributed by atoms with Gasteiger partial charge in [-0.3, -0.25) is 9.52 Å². The largest absolute Gasteiger partial charge is 0.395 e. The molecular formula is C31H34F2N6O4S. The molecule has 3 aromatic rings. The van der Waals surface area contributed by atoms with Crippen LogP contribution in [0.5, 0.6) is 0 Å². The standard InChI is InChI=1S/C31H34F2N6O4S/c32-31(33)9-13-39(14-10-31)27-19-24(17-21-1-2-23(20-34)35-28(21)27)36-29(41)25-4-3-22(37-44(42,43)16-15-40)18-26(25)38-11-7-30(5-6-30)8-12-38/h1-4,17-19,37,40H,5-16H2,(H,36,41). The number of fused-ring (bicyclic) bond motifs is 1. The molecule has 2 aliphatic heterocycles. The zero-order chi connectivity index (χ0) is 31.1. The minimum atomic E-state index is -3.77. The van der Waals surface area contributed by atoms with Gasteiger partial charge in [-0.05, 0) is 73.6 Å². The molecule has 10 nitrogen and oxygen atoms in total. The van der Waals surface area contributed by atoms with Crippen molar-refractivity contribution in [1.82, 2.24) is 4.98 Å². The van der Waals surface area contributed by atoms with E-state index in [0.29, 0.717) is 44.6 Å². The van der Waals surface area contributed by atoms with Crippen molar-refractivity contribution in [1.29, 1.82) is 5.26 Å². The van der Waals surface area contributed by atoms with Gasteiger partial charge in [-0.2, -0.15) is 5.26 Å². The minimum absolute atomic E-state index is 0.103. The topological polar surface area (TPSA) is 139 Å². The maximum Gasteiger partial charge on any atom is 0.257 e. The average Bonchev–Trinajstić information content (AvgIpc) is 3.75. The Bertz CT molecular complexity index is 1740. The number of aliphatic hydroxyl groups is 1. The van der Waals surface area contributed by atoms with Crippen LogP contribution in [0.2, 0.25) is 0 Å². The molecule has 2 aromatic carbocycles. The molecule has 3 heterocycles. The van der Waals surface area contributed by atoms with Crippen LogP contribution in [0.4, 0.5) is 31.5 Å². The van der Waals surface area contributed by atoms with Gasteiger partial charge in [0.25, 0.3) is 11.8 Å². The van der Waals surface area contributed by atoms with Crippen molar-refractivity contribution in [3.63, 3.8) is 0 Å². The molecule has 0 bridgehead atoms. The Morgan fingerprint density at radius 3 is 2.25 bits per heavy atom. The number of halogens is 2. The van der Waals surface area contributed by atoms with Crippen molar-refractivity contribution >= 4 is 49.6 Å². The number of nitrogens with one attached hydrogen (secondary N) is 2. The Balaban J connectivity index is 1.33. The molecule has 1 spiro atoms. The van der Waals surface area contributed by atoms with Crippen LogP contribution in [-0.2, 0) is 10.0 Å². The molecule has 13 heteroatoms. The lowest BCUT2D eigenvalue weighted by Crippen LogP contribution is -2.39. The number of alkyl halides is 2. The van der Waals surface area contributed by atoms with Crippen LogP contribution >= 0.6 is 0 Å². The molecule has 1 aromatic heterocycles. The van der Waals surface area contributed by atoms with E-state index in [9.17, 15) is 27.3 Å². The highest BCUT2D eigenvalue weighted by molar-refractivity contribution is 7.92. The normalized spacial score (nSPS) is 19.0. The first kappa shape index (κ1) is 30.0. The van der Waals surface area contributed by atoms with Crippen molar-refractivity contribution < 1.29 is 27.1 Å². The van der Waals surface area contributed by atoms with E-state index in [4.69, 9.17) is 5.11 Å². The number of anilines is 4. The predicted octanol–water partition coefficient (Wildman–Crippen LogP) is 4.71. The van der Waals surface area contributed by atoms with E-state index in [1.807, 2.05) is 11.0 Å². The zero-order valence-electron chi connectivity index (χ0n) is 24.2. The SMILES string of the molecule is N#Cc1ccc2cc(NC(=O)c3ccc(NS(=O)(=O)CCO)cc3N3CCC4(CC3)CC4)cc(N3CCC(F)(F)CC3)c2n1. The van der Waals surface area contributed by atoms with Crippen LogP contribution in [-0.4, -0.2) is 68.9 Å². The average molecular weight is 625 g/mol. The molecule has 0 atom stereocenters. The lowest BCUT2D eigenvalue weighted by molar-refractivity contribution is -0.0220. The Morgan fingerprint density at radius 1 is 0.932 bits per heavy atom. The summed E-state index contributed by atoms with van der Waals surface area (Å²) in [5.41, 5.74) is 3.34. The number of aliphatic hydroxyl groups excluding tert-OH is 1. The van der Waals surface area contributed by atoms with E-state index in [1.54, 1.807) is 36.4 Å². The fourth-order valence-electron chi connectivity index (χ4n) is 6.16. The number of nitrogens with zero attached hydrogens (tertiary/aromatic N) is 4. The smallest absolute Gasteiger partial charge is 0.257 e. The Labute approximate surface area is 254 Å². The summed E-state index contributed by atoms with van der Waals surface area (Å²) in [5.74, 6) is -3.60. The van der Waals surface area contributed by atoms with Crippen molar-refractivity contribution in [3.05, 3.63) is 53.7 Å². The monoisotopic (exact) mass is 624 g/mol. The number of hydrogen-bond donors (Lipinski definition) is 3. The first-order valence-electron chi connectivity index (χ1n) is 14.8. The van der Waals surface area contributed by atoms with Crippen LogP contribution in [0.25, 0.3) is 10.9 Å². The van der Waals surface area contributed by atoms with E-state index < -0.39 is 34.2 Å². The highest BCUT2D eigenvalue weighted by Crippen LogP contribution is 2.54. The maximum atomic E-state index is 14.0. The third-order valence-corrected chi connectivity index (χ3v) is 10.2. The fourth-order valence-corrected chi connectivity index (χ4v) is 6.99. The van der Waals surface area contributed by atoms with Crippen molar-refractivity contribution in [2.75, 3.05) is 58.4 Å². The molecule has 1 amide bonds. The molecule has 44 heavy (non-hydrogen) atoms. The summed E-state index contributed by atoms with van der Waals surface area (Å²) in [6, 6.07) is 13.5. The van der Waals surface area contributed by atoms with E-state index in [0.717, 1.165) is 25.9 Å². The summed E-state index contributed by atoms with van der Waals surface area (Å²) in [6.07, 6.45) is 3.79. The molecule has 0 radical (unpaired) electrons. The minimum Gasteiger partial charge on any atom is -0.395 e. The van der Waals surface area contributed by atoms with Crippen LogP contribution in [0.15, 0.2) is 42.5 Å². The predicted molar refractivity (Wildman–Crippen MR) is 165 cm³/mol. The van der Waals surface area contributed by atoms with Gasteiger partial charge in [-0.1, -0.05) is 0 Å². The number of benzene rings is 2. The zero-order valence-corrected chi connectivity index (χ0v) is 25.0. The number of pyridine rings is 1. The molecule has 3 N–H and O–H groups in total. The van der Waals surface area contributed by atoms with E-state index >= 15 is 0 Å². The Morgan fingerprint density at radius 2 is 1.59 bits per heavy atom. The summed E-state index contributed by atoms with van der Waals surface area (Å²) < 4.78 is 55.1. The number of aromatic nitrogens is 1. The van der Waals surface area contributed by atoms with Gasteiger partial charge in [0.2, 0.25) is 10.0 Å². The number of sulfonamides is 1. The maximum absolute atomic E-state index is 14.0. The third-order valence-electron chi connectivity index (χ3n) is 8.98. The first-order chi connectivity index (χ1) is 21.0. The van der Waals surface area contributed by atoms with Crippen molar-refractivity contribution in [3.8, 4) is 6.07 Å². The summed E-state index contributed by atoms with van der Waals surface area (Å²) in [5, 5.41) is 22.2. The summed E-state index contributed by atoms with van der Waals surface area (Å²) in [4.78, 5) is 22.2. The lowest BCUT2D eigenvalue weighted by Gasteiger charge is -2.35. The summed E-state index contributed by atoms with van der Waals surface area (Å²) >= 11 is 0. The van der Waals surface area contributed by atoms with Crippen LogP contribution in [0.1, 0.15) is 54.6 Å². The van der Waals surface area contributed by atoms with Crippen LogP contribution < -0.4 is 19.8 Å². The quantitative estimate of drug-likeness (QED) is 0.328. The van der Waals surface area contributed by atoms with Gasteiger partial charge in [0.05, 0.1) is 40.5 Å². The molecule has 3 aliphatic rings. The molecule has 1 saturated carbocycles. The van der Waals surface area contributed by atoms with Crippen molar-refractivity contribution in [2.45, 2.75) is 44.4 Å². The first-order valence-corrected chi connectivity index (χ1v) is 16.4. The van der Waals surface area contributed by atoms with Gasteiger partial charge < -0.3 is 20.2 Å². The molecular weight excluding hydrogens is 590 g/mol. The molecule has 232 valence electrons. The van der Waals surface area contributed by atoms with Gasteiger partial charge in [0.15, 0.2) is 0 Å². The molecule has 0 unspecified atom stereocenters. The highest BCUT2D eigenvalue weighted by Gasteiger charge is 2.44. The van der Waals surface area contributed by atoms with Gasteiger partial charge >= 0.3 is 0 Å². The second-order valence-corrected chi connectivity index (χ2v) is 13.9. The Kier molecular flexibility index (Phi) is 7.83. The van der Waals surface area contributed by atoms with E-state index in [1.165, 1.54) is 18.9 Å². The fraction of sp³-hybridized carbons (Fsp3) is 0.452. The second-order valence-electron chi connectivity index (χ2n) is 12.0. The molecule has 3 fully saturated rings. The number of piperidine rings is 2. The van der Waals surface area contributed by atoms with E-state index in [2.05, 4.69) is 19.9 Å². The molecule has 6 rings (SSSR count). The lowest BCUT2D eigenvalue weighted by atomic mass is 9.93. The van der Waals surface area contributed by atoms with E-state index in [-0.39, 0.29) is 31.6 Å². The second kappa shape index (κ2) is 11.5. The summed E-state index contributed by atoms with van der Waals surface area (Å²) in [7, 11) is -3.77. The number of amides is 1. The van der Waals surface area contributed by atoms with Gasteiger partial charge in [-0.25, -0.2) is 22.2 Å². The van der Waals surface area contributed by atoms with Crippen LogP contribution in [0.3, 0.4) is 0 Å². The summed E-state index contributed by atoms with van der Waals surface area (Å²) in [6.45, 7) is 1.16. The van der Waals surface area contributed by atoms with Gasteiger partial charge in [-0.15, -0.1) is 0 Å². The number of hydrogen-bond acceptors (Lipinski definition) is 8. The molecule has 2 saturated heterocycles. The number of carbonyl (C=O) groups is 1. The number of rotatable bonds is 8. The van der Waals surface area contributed by atoms with Crippen LogP contribution in [0, 0.1) is 16.7 Å². The third kappa shape index (κ3) is 6.42.